The molecule has 0 bridgehead atoms. The molecule has 1 atom stereocenters. The lowest BCUT2D eigenvalue weighted by molar-refractivity contribution is -0.384. The number of rotatable bonds is 4. The van der Waals surface area contributed by atoms with E-state index in [1.54, 1.807) is 19.2 Å². The molecule has 5 heteroatoms. The number of hydrogen-bond acceptors (Lipinski definition) is 4. The van der Waals surface area contributed by atoms with Crippen molar-refractivity contribution in [3.63, 3.8) is 0 Å². The van der Waals surface area contributed by atoms with E-state index >= 15 is 0 Å². The first-order valence-corrected chi connectivity index (χ1v) is 4.22. The van der Waals surface area contributed by atoms with Crippen molar-refractivity contribution in [2.24, 2.45) is 0 Å². The van der Waals surface area contributed by atoms with Gasteiger partial charge in [-0.25, -0.2) is 0 Å². The summed E-state index contributed by atoms with van der Waals surface area (Å²) in [5.41, 5.74) is 0.704. The SMILES string of the molecule is CNC[C@H](O)c1ccc([N+](=O)[O-])cc1. The van der Waals surface area contributed by atoms with Crippen molar-refractivity contribution in [2.75, 3.05) is 13.6 Å². The minimum absolute atomic E-state index is 0.0328. The van der Waals surface area contributed by atoms with Crippen molar-refractivity contribution in [3.8, 4) is 0 Å². The van der Waals surface area contributed by atoms with Crippen LogP contribution in [0.1, 0.15) is 11.7 Å². The van der Waals surface area contributed by atoms with Crippen LogP contribution < -0.4 is 5.32 Å². The molecule has 2 N–H and O–H groups in total. The van der Waals surface area contributed by atoms with Gasteiger partial charge >= 0.3 is 0 Å². The molecule has 0 aliphatic heterocycles. The maximum atomic E-state index is 10.3. The number of nitrogens with one attached hydrogen (secondary N) is 1. The molecule has 0 saturated heterocycles. The molecular weight excluding hydrogens is 184 g/mol. The van der Waals surface area contributed by atoms with Gasteiger partial charge in [-0.05, 0) is 24.7 Å². The molecule has 76 valence electrons. The summed E-state index contributed by atoms with van der Waals surface area (Å²) in [5, 5.41) is 22.7. The fourth-order valence-electron chi connectivity index (χ4n) is 1.13. The van der Waals surface area contributed by atoms with Gasteiger partial charge in [-0.1, -0.05) is 0 Å². The van der Waals surface area contributed by atoms with E-state index in [2.05, 4.69) is 5.32 Å². The molecule has 0 saturated carbocycles. The van der Waals surface area contributed by atoms with E-state index in [0.29, 0.717) is 12.1 Å². The summed E-state index contributed by atoms with van der Waals surface area (Å²) in [6.45, 7) is 0.428. The zero-order chi connectivity index (χ0) is 10.6. The second-order valence-electron chi connectivity index (χ2n) is 2.92. The van der Waals surface area contributed by atoms with Gasteiger partial charge in [0.1, 0.15) is 0 Å². The number of nitro benzene ring substituents is 1. The van der Waals surface area contributed by atoms with Crippen LogP contribution in [0.15, 0.2) is 24.3 Å². The molecular formula is C9H12N2O3. The van der Waals surface area contributed by atoms with Gasteiger partial charge < -0.3 is 10.4 Å². The second kappa shape index (κ2) is 4.69. The van der Waals surface area contributed by atoms with Crippen LogP contribution in [0.4, 0.5) is 5.69 Å². The first-order valence-electron chi connectivity index (χ1n) is 4.22. The number of aliphatic hydroxyl groups excluding tert-OH is 1. The van der Waals surface area contributed by atoms with Gasteiger partial charge in [0, 0.05) is 18.7 Å². The highest BCUT2D eigenvalue weighted by atomic mass is 16.6. The van der Waals surface area contributed by atoms with E-state index in [4.69, 9.17) is 0 Å². The Bertz CT molecular complexity index is 310. The molecule has 1 rings (SSSR count). The van der Waals surface area contributed by atoms with Gasteiger partial charge in [0.25, 0.3) is 5.69 Å². The lowest BCUT2D eigenvalue weighted by Gasteiger charge is -2.09. The van der Waals surface area contributed by atoms with Crippen LogP contribution >= 0.6 is 0 Å². The number of benzene rings is 1. The highest BCUT2D eigenvalue weighted by Gasteiger charge is 2.08. The van der Waals surface area contributed by atoms with Crippen molar-refractivity contribution in [2.45, 2.75) is 6.10 Å². The number of nitrogens with zero attached hydrogens (tertiary/aromatic N) is 1. The molecule has 0 unspecified atom stereocenters. The lowest BCUT2D eigenvalue weighted by atomic mass is 10.1. The van der Waals surface area contributed by atoms with Crippen LogP contribution in [-0.4, -0.2) is 23.6 Å². The Balaban J connectivity index is 2.77. The number of aliphatic hydroxyl groups is 1. The molecule has 14 heavy (non-hydrogen) atoms. The zero-order valence-electron chi connectivity index (χ0n) is 7.80. The van der Waals surface area contributed by atoms with Crippen molar-refractivity contribution >= 4 is 5.69 Å². The minimum atomic E-state index is -0.624. The molecule has 0 aliphatic carbocycles. The van der Waals surface area contributed by atoms with Crippen LogP contribution in [-0.2, 0) is 0 Å². The first-order chi connectivity index (χ1) is 6.65. The van der Waals surface area contributed by atoms with Gasteiger partial charge in [-0.2, -0.15) is 0 Å². The van der Waals surface area contributed by atoms with E-state index in [0.717, 1.165) is 0 Å². The summed E-state index contributed by atoms with van der Waals surface area (Å²) in [7, 11) is 1.73. The van der Waals surface area contributed by atoms with E-state index in [1.165, 1.54) is 12.1 Å². The molecule has 0 radical (unpaired) electrons. The summed E-state index contributed by atoms with van der Waals surface area (Å²) in [6.07, 6.45) is -0.624. The molecule has 5 nitrogen and oxygen atoms in total. The number of nitro groups is 1. The third-order valence-electron chi connectivity index (χ3n) is 1.89. The van der Waals surface area contributed by atoms with Crippen LogP contribution in [0.2, 0.25) is 0 Å². The van der Waals surface area contributed by atoms with Crippen molar-refractivity contribution in [1.29, 1.82) is 0 Å². The van der Waals surface area contributed by atoms with Gasteiger partial charge in [0.05, 0.1) is 11.0 Å². The van der Waals surface area contributed by atoms with Crippen LogP contribution in [0.25, 0.3) is 0 Å². The van der Waals surface area contributed by atoms with Crippen LogP contribution in [0.3, 0.4) is 0 Å². The number of hydrogen-bond donors (Lipinski definition) is 2. The molecule has 0 spiro atoms. The Morgan fingerprint density at radius 3 is 2.50 bits per heavy atom. The molecule has 0 aliphatic rings. The molecule has 0 amide bonds. The Morgan fingerprint density at radius 1 is 1.50 bits per heavy atom. The summed E-state index contributed by atoms with van der Waals surface area (Å²) >= 11 is 0. The average molecular weight is 196 g/mol. The van der Waals surface area contributed by atoms with E-state index < -0.39 is 11.0 Å². The predicted molar refractivity (Wildman–Crippen MR) is 52.0 cm³/mol. The second-order valence-corrected chi connectivity index (χ2v) is 2.92. The predicted octanol–water partition coefficient (Wildman–Crippen LogP) is 0.848. The van der Waals surface area contributed by atoms with Crippen molar-refractivity contribution in [1.82, 2.24) is 5.32 Å². The highest BCUT2D eigenvalue weighted by Crippen LogP contribution is 2.16. The van der Waals surface area contributed by atoms with Crippen LogP contribution in [0, 0.1) is 10.1 Å². The molecule has 0 fully saturated rings. The average Bonchev–Trinajstić information content (AvgIpc) is 2.18. The lowest BCUT2D eigenvalue weighted by Crippen LogP contribution is -2.16. The maximum absolute atomic E-state index is 10.3. The van der Waals surface area contributed by atoms with Crippen molar-refractivity contribution in [3.05, 3.63) is 39.9 Å². The topological polar surface area (TPSA) is 75.4 Å². The number of non-ortho nitro benzene ring substituents is 1. The Hall–Kier alpha value is -1.46. The van der Waals surface area contributed by atoms with E-state index in [9.17, 15) is 15.2 Å². The Kier molecular flexibility index (Phi) is 3.55. The summed E-state index contributed by atoms with van der Waals surface area (Å²) < 4.78 is 0. The fourth-order valence-corrected chi connectivity index (χ4v) is 1.13. The molecule has 1 aromatic carbocycles. The van der Waals surface area contributed by atoms with Gasteiger partial charge in [-0.15, -0.1) is 0 Å². The van der Waals surface area contributed by atoms with E-state index in [1.807, 2.05) is 0 Å². The quantitative estimate of drug-likeness (QED) is 0.553. The summed E-state index contributed by atoms with van der Waals surface area (Å²) in [5.74, 6) is 0. The summed E-state index contributed by atoms with van der Waals surface area (Å²) in [4.78, 5) is 9.87. The smallest absolute Gasteiger partial charge is 0.269 e. The first kappa shape index (κ1) is 10.6. The maximum Gasteiger partial charge on any atom is 0.269 e. The standard InChI is InChI=1S/C9H12N2O3/c1-10-6-9(12)7-2-4-8(5-3-7)11(13)14/h2-5,9-10,12H,6H2,1H3/t9-/m0/s1. The molecule has 0 aromatic heterocycles. The van der Waals surface area contributed by atoms with Crippen molar-refractivity contribution < 1.29 is 10.0 Å². The fraction of sp³-hybridized carbons (Fsp3) is 0.333. The van der Waals surface area contributed by atoms with Gasteiger partial charge in [0.2, 0.25) is 0 Å². The highest BCUT2D eigenvalue weighted by molar-refractivity contribution is 5.33. The zero-order valence-corrected chi connectivity index (χ0v) is 7.80. The number of likely N-dealkylation sites (N-methyl/N-ethyl adjacent to an activating group) is 1. The summed E-state index contributed by atoms with van der Waals surface area (Å²) in [6, 6.07) is 5.88. The largest absolute Gasteiger partial charge is 0.387 e. The third kappa shape index (κ3) is 2.51. The normalized spacial score (nSPS) is 12.4. The third-order valence-corrected chi connectivity index (χ3v) is 1.89. The Morgan fingerprint density at radius 2 is 2.07 bits per heavy atom. The minimum Gasteiger partial charge on any atom is -0.387 e. The molecule has 1 aromatic rings. The van der Waals surface area contributed by atoms with Gasteiger partial charge in [0.15, 0.2) is 0 Å². The van der Waals surface area contributed by atoms with Crippen LogP contribution in [0.5, 0.6) is 0 Å². The van der Waals surface area contributed by atoms with E-state index in [-0.39, 0.29) is 5.69 Å². The monoisotopic (exact) mass is 196 g/mol. The van der Waals surface area contributed by atoms with Gasteiger partial charge in [-0.3, -0.25) is 10.1 Å². The Labute approximate surface area is 81.5 Å². The molecule has 0 heterocycles.